The van der Waals surface area contributed by atoms with Crippen LogP contribution in [0.25, 0.3) is 0 Å². The van der Waals surface area contributed by atoms with E-state index in [0.717, 1.165) is 19.4 Å². The predicted molar refractivity (Wildman–Crippen MR) is 77.3 cm³/mol. The van der Waals surface area contributed by atoms with Gasteiger partial charge < -0.3 is 10.2 Å². The summed E-state index contributed by atoms with van der Waals surface area (Å²) in [5.41, 5.74) is 0.244. The van der Waals surface area contributed by atoms with Crippen molar-refractivity contribution in [3.63, 3.8) is 0 Å². The molecule has 1 atom stereocenters. The summed E-state index contributed by atoms with van der Waals surface area (Å²) in [6, 6.07) is -0.0686. The van der Waals surface area contributed by atoms with Crippen molar-refractivity contribution < 1.29 is 18.0 Å². The van der Waals surface area contributed by atoms with Crippen molar-refractivity contribution in [3.05, 3.63) is 0 Å². The molecular weight excluding hydrogens is 293 g/mol. The van der Waals surface area contributed by atoms with Gasteiger partial charge in [0.25, 0.3) is 0 Å². The predicted octanol–water partition coefficient (Wildman–Crippen LogP) is 3.10. The lowest BCUT2D eigenvalue weighted by molar-refractivity contribution is -0.182. The summed E-state index contributed by atoms with van der Waals surface area (Å²) >= 11 is 0. The van der Waals surface area contributed by atoms with Gasteiger partial charge in [-0.15, -0.1) is 0 Å². The summed E-state index contributed by atoms with van der Waals surface area (Å²) in [6.07, 6.45) is 1.23. The Morgan fingerprint density at radius 3 is 2.32 bits per heavy atom. The summed E-state index contributed by atoms with van der Waals surface area (Å²) in [6.45, 7) is 0.943. The highest BCUT2D eigenvalue weighted by atomic mass is 19.4. The number of rotatable bonds is 2. The molecule has 0 aromatic carbocycles. The number of carbonyl (C=O) groups is 1. The second-order valence-corrected chi connectivity index (χ2v) is 7.43. The quantitative estimate of drug-likeness (QED) is 0.848. The molecule has 2 aliphatic carbocycles. The van der Waals surface area contributed by atoms with Crippen molar-refractivity contribution in [3.8, 4) is 0 Å². The molecule has 1 heterocycles. The van der Waals surface area contributed by atoms with Gasteiger partial charge in [0.1, 0.15) is 0 Å². The molecule has 0 radical (unpaired) electrons. The van der Waals surface area contributed by atoms with Crippen LogP contribution in [0.1, 0.15) is 51.4 Å². The second-order valence-electron chi connectivity index (χ2n) is 7.43. The van der Waals surface area contributed by atoms with Crippen LogP contribution in [-0.2, 0) is 4.79 Å². The van der Waals surface area contributed by atoms with Gasteiger partial charge in [0, 0.05) is 17.5 Å². The van der Waals surface area contributed by atoms with E-state index in [9.17, 15) is 18.0 Å². The molecule has 0 aromatic rings. The fourth-order valence-corrected chi connectivity index (χ4v) is 4.14. The molecule has 126 valence electrons. The number of nitrogens with zero attached hydrogens (tertiary/aromatic N) is 1. The smallest absolute Gasteiger partial charge is 0.353 e. The second kappa shape index (κ2) is 5.69. The van der Waals surface area contributed by atoms with Crippen LogP contribution in [0.4, 0.5) is 13.2 Å². The van der Waals surface area contributed by atoms with E-state index in [1.807, 2.05) is 0 Å². The minimum atomic E-state index is -4.08. The van der Waals surface area contributed by atoms with Gasteiger partial charge in [0.2, 0.25) is 5.91 Å². The number of piperidine rings is 1. The monoisotopic (exact) mass is 318 g/mol. The van der Waals surface area contributed by atoms with E-state index in [0.29, 0.717) is 12.8 Å². The van der Waals surface area contributed by atoms with Gasteiger partial charge in [-0.2, -0.15) is 13.2 Å². The number of alkyl halides is 3. The Labute approximate surface area is 129 Å². The maximum Gasteiger partial charge on any atom is 0.391 e. The van der Waals surface area contributed by atoms with E-state index in [4.69, 9.17) is 0 Å². The largest absolute Gasteiger partial charge is 0.391 e. The molecule has 22 heavy (non-hydrogen) atoms. The summed E-state index contributed by atoms with van der Waals surface area (Å²) in [5, 5.41) is 3.02. The highest BCUT2D eigenvalue weighted by Crippen LogP contribution is 2.49. The first-order valence-corrected chi connectivity index (χ1v) is 8.38. The minimum Gasteiger partial charge on any atom is -0.353 e. The standard InChI is InChI=1S/C16H25F3N2O/c1-21-9-6-11(10-15(21)7-8-15)14(22)20-13-4-2-12(3-5-13)16(17,18)19/h11-13H,2-10H2,1H3,(H,20,22)/t11-,12?,13?/m0/s1. The van der Waals surface area contributed by atoms with Crippen LogP contribution < -0.4 is 5.32 Å². The van der Waals surface area contributed by atoms with E-state index >= 15 is 0 Å². The van der Waals surface area contributed by atoms with E-state index in [2.05, 4.69) is 17.3 Å². The lowest BCUT2D eigenvalue weighted by atomic mass is 9.84. The van der Waals surface area contributed by atoms with Gasteiger partial charge in [-0.05, 0) is 65.0 Å². The number of hydrogen-bond donors (Lipinski definition) is 1. The van der Waals surface area contributed by atoms with Crippen molar-refractivity contribution >= 4 is 5.91 Å². The number of nitrogens with one attached hydrogen (secondary N) is 1. The van der Waals surface area contributed by atoms with Crippen LogP contribution in [0.15, 0.2) is 0 Å². The van der Waals surface area contributed by atoms with Crippen LogP contribution in [0.3, 0.4) is 0 Å². The molecule has 2 saturated carbocycles. The van der Waals surface area contributed by atoms with Gasteiger partial charge in [-0.1, -0.05) is 0 Å². The topological polar surface area (TPSA) is 32.3 Å². The molecule has 1 amide bonds. The molecule has 3 aliphatic rings. The Hall–Kier alpha value is -0.780. The highest BCUT2D eigenvalue weighted by molar-refractivity contribution is 5.79. The van der Waals surface area contributed by atoms with E-state index in [-0.39, 0.29) is 36.2 Å². The Bertz CT molecular complexity index is 426. The van der Waals surface area contributed by atoms with Crippen LogP contribution in [0.5, 0.6) is 0 Å². The van der Waals surface area contributed by atoms with Gasteiger partial charge in [-0.25, -0.2) is 0 Å². The van der Waals surface area contributed by atoms with Crippen molar-refractivity contribution in [1.82, 2.24) is 10.2 Å². The summed E-state index contributed by atoms with van der Waals surface area (Å²) in [5.74, 6) is -1.08. The number of carbonyl (C=O) groups excluding carboxylic acids is 1. The molecule has 3 rings (SSSR count). The molecule has 0 aromatic heterocycles. The summed E-state index contributed by atoms with van der Waals surface area (Å²) < 4.78 is 38.0. The van der Waals surface area contributed by atoms with E-state index < -0.39 is 12.1 Å². The summed E-state index contributed by atoms with van der Waals surface area (Å²) in [4.78, 5) is 14.8. The molecule has 3 fully saturated rings. The third-order valence-corrected chi connectivity index (χ3v) is 5.98. The lowest BCUT2D eigenvalue weighted by Gasteiger charge is -2.38. The van der Waals surface area contributed by atoms with Crippen molar-refractivity contribution in [2.75, 3.05) is 13.6 Å². The zero-order valence-electron chi connectivity index (χ0n) is 13.1. The zero-order valence-corrected chi connectivity index (χ0v) is 13.1. The maximum atomic E-state index is 12.7. The molecule has 1 spiro atoms. The minimum absolute atomic E-state index is 0.0408. The van der Waals surface area contributed by atoms with Crippen LogP contribution in [0, 0.1) is 11.8 Å². The molecule has 1 aliphatic heterocycles. The Balaban J connectivity index is 1.47. The SMILES string of the molecule is CN1CC[C@H](C(=O)NC2CCC(C(F)(F)F)CC2)CC12CC2. The van der Waals surface area contributed by atoms with E-state index in [1.165, 1.54) is 12.8 Å². The molecule has 3 nitrogen and oxygen atoms in total. The third kappa shape index (κ3) is 3.26. The molecule has 0 bridgehead atoms. The van der Waals surface area contributed by atoms with Gasteiger partial charge in [0.05, 0.1) is 5.92 Å². The lowest BCUT2D eigenvalue weighted by Crippen LogP contribution is -2.48. The fourth-order valence-electron chi connectivity index (χ4n) is 4.14. The van der Waals surface area contributed by atoms with E-state index in [1.54, 1.807) is 0 Å². The third-order valence-electron chi connectivity index (χ3n) is 5.98. The molecule has 1 N–H and O–H groups in total. The Kier molecular flexibility index (Phi) is 4.16. The molecular formula is C16H25F3N2O. The average molecular weight is 318 g/mol. The van der Waals surface area contributed by atoms with Crippen LogP contribution >= 0.6 is 0 Å². The van der Waals surface area contributed by atoms with Gasteiger partial charge >= 0.3 is 6.18 Å². The summed E-state index contributed by atoms with van der Waals surface area (Å²) in [7, 11) is 2.12. The number of likely N-dealkylation sites (tertiary alicyclic amines) is 1. The highest BCUT2D eigenvalue weighted by Gasteiger charge is 2.51. The van der Waals surface area contributed by atoms with Crippen molar-refractivity contribution in [2.45, 2.75) is 69.1 Å². The van der Waals surface area contributed by atoms with Crippen LogP contribution in [-0.4, -0.2) is 42.2 Å². The Morgan fingerprint density at radius 2 is 1.77 bits per heavy atom. The molecule has 6 heteroatoms. The average Bonchev–Trinajstić information content (AvgIpc) is 3.22. The van der Waals surface area contributed by atoms with Crippen LogP contribution in [0.2, 0.25) is 0 Å². The molecule has 0 unspecified atom stereocenters. The van der Waals surface area contributed by atoms with Gasteiger partial charge in [-0.3, -0.25) is 4.79 Å². The zero-order chi connectivity index (χ0) is 16.0. The number of amides is 1. The maximum absolute atomic E-state index is 12.7. The first kappa shape index (κ1) is 16.1. The fraction of sp³-hybridized carbons (Fsp3) is 0.938. The van der Waals surface area contributed by atoms with Crippen molar-refractivity contribution in [1.29, 1.82) is 0 Å². The Morgan fingerprint density at radius 1 is 1.14 bits per heavy atom. The normalized spacial score (nSPS) is 35.4. The first-order chi connectivity index (χ1) is 10.3. The molecule has 1 saturated heterocycles. The first-order valence-electron chi connectivity index (χ1n) is 8.38. The number of hydrogen-bond acceptors (Lipinski definition) is 2. The van der Waals surface area contributed by atoms with Crippen molar-refractivity contribution in [2.24, 2.45) is 11.8 Å². The number of halogens is 3. The van der Waals surface area contributed by atoms with Gasteiger partial charge in [0.15, 0.2) is 0 Å².